The highest BCUT2D eigenvalue weighted by atomic mass is 16.5. The molecule has 17 heavy (non-hydrogen) atoms. The van der Waals surface area contributed by atoms with Gasteiger partial charge in [-0.2, -0.15) is 0 Å². The molecule has 1 unspecified atom stereocenters. The predicted octanol–water partition coefficient (Wildman–Crippen LogP) is 0.423. The van der Waals surface area contributed by atoms with Crippen LogP contribution in [0.15, 0.2) is 24.4 Å². The van der Waals surface area contributed by atoms with E-state index in [0.717, 1.165) is 25.3 Å². The molecular formula is C12H17N3O2. The minimum absolute atomic E-state index is 0.0552. The smallest absolute Gasteiger partial charge is 0.246 e. The van der Waals surface area contributed by atoms with E-state index in [4.69, 9.17) is 4.74 Å². The SMILES string of the molecule is COCC(=O)NC1CCN(c2ccccn2)C1. The van der Waals surface area contributed by atoms with Crippen LogP contribution in [0.3, 0.4) is 0 Å². The lowest BCUT2D eigenvalue weighted by molar-refractivity contribution is -0.125. The first-order valence-corrected chi connectivity index (χ1v) is 5.74. The van der Waals surface area contributed by atoms with Gasteiger partial charge in [-0.05, 0) is 18.6 Å². The third-order valence-electron chi connectivity index (χ3n) is 2.80. The molecule has 1 fully saturated rings. The van der Waals surface area contributed by atoms with E-state index in [0.29, 0.717) is 0 Å². The monoisotopic (exact) mass is 235 g/mol. The number of carbonyl (C=O) groups excluding carboxylic acids is 1. The molecule has 1 aliphatic heterocycles. The molecule has 5 nitrogen and oxygen atoms in total. The molecule has 0 spiro atoms. The summed E-state index contributed by atoms with van der Waals surface area (Å²) in [5.74, 6) is 0.913. The molecule has 2 heterocycles. The molecule has 0 bridgehead atoms. The van der Waals surface area contributed by atoms with Crippen molar-refractivity contribution >= 4 is 11.7 Å². The molecule has 1 aromatic heterocycles. The summed E-state index contributed by atoms with van der Waals surface area (Å²) >= 11 is 0. The lowest BCUT2D eigenvalue weighted by Crippen LogP contribution is -2.39. The molecule has 1 amide bonds. The van der Waals surface area contributed by atoms with Crippen LogP contribution >= 0.6 is 0 Å². The lowest BCUT2D eigenvalue weighted by atomic mass is 10.2. The Kier molecular flexibility index (Phi) is 3.93. The highest BCUT2D eigenvalue weighted by Crippen LogP contribution is 2.16. The lowest BCUT2D eigenvalue weighted by Gasteiger charge is -2.17. The summed E-state index contributed by atoms with van der Waals surface area (Å²) in [6.45, 7) is 1.86. The van der Waals surface area contributed by atoms with Gasteiger partial charge >= 0.3 is 0 Å². The van der Waals surface area contributed by atoms with E-state index in [1.807, 2.05) is 18.2 Å². The summed E-state index contributed by atoms with van der Waals surface area (Å²) in [5, 5.41) is 2.95. The van der Waals surface area contributed by atoms with Gasteiger partial charge in [0.25, 0.3) is 0 Å². The van der Waals surface area contributed by atoms with Crippen LogP contribution in [0.2, 0.25) is 0 Å². The topological polar surface area (TPSA) is 54.5 Å². The van der Waals surface area contributed by atoms with Crippen molar-refractivity contribution in [2.45, 2.75) is 12.5 Å². The first-order chi connectivity index (χ1) is 8.29. The van der Waals surface area contributed by atoms with Gasteiger partial charge in [0.1, 0.15) is 12.4 Å². The van der Waals surface area contributed by atoms with Crippen molar-refractivity contribution in [3.8, 4) is 0 Å². The number of nitrogens with zero attached hydrogens (tertiary/aromatic N) is 2. The summed E-state index contributed by atoms with van der Waals surface area (Å²) in [5.41, 5.74) is 0. The van der Waals surface area contributed by atoms with Crippen molar-refractivity contribution in [3.05, 3.63) is 24.4 Å². The summed E-state index contributed by atoms with van der Waals surface area (Å²) in [4.78, 5) is 17.8. The minimum atomic E-state index is -0.0552. The maximum atomic E-state index is 11.4. The van der Waals surface area contributed by atoms with E-state index in [2.05, 4.69) is 15.2 Å². The fraction of sp³-hybridized carbons (Fsp3) is 0.500. The van der Waals surface area contributed by atoms with Gasteiger partial charge < -0.3 is 15.0 Å². The van der Waals surface area contributed by atoms with Crippen LogP contribution in [0.4, 0.5) is 5.82 Å². The number of aromatic nitrogens is 1. The summed E-state index contributed by atoms with van der Waals surface area (Å²) in [6.07, 6.45) is 2.73. The third-order valence-corrected chi connectivity index (χ3v) is 2.80. The second-order valence-electron chi connectivity index (χ2n) is 4.12. The van der Waals surface area contributed by atoms with Crippen molar-refractivity contribution < 1.29 is 9.53 Å². The zero-order valence-corrected chi connectivity index (χ0v) is 9.93. The summed E-state index contributed by atoms with van der Waals surface area (Å²) in [7, 11) is 1.52. The maximum Gasteiger partial charge on any atom is 0.246 e. The van der Waals surface area contributed by atoms with Crippen LogP contribution in [0, 0.1) is 0 Å². The van der Waals surface area contributed by atoms with Crippen LogP contribution in [-0.2, 0) is 9.53 Å². The molecule has 2 rings (SSSR count). The molecule has 0 aliphatic carbocycles. The van der Waals surface area contributed by atoms with Gasteiger partial charge in [-0.1, -0.05) is 6.07 Å². The number of carbonyl (C=O) groups is 1. The molecule has 92 valence electrons. The van der Waals surface area contributed by atoms with Crippen LogP contribution in [0.25, 0.3) is 0 Å². The predicted molar refractivity (Wildman–Crippen MR) is 64.9 cm³/mol. The Balaban J connectivity index is 1.86. The number of pyridine rings is 1. The van der Waals surface area contributed by atoms with Gasteiger partial charge in [-0.15, -0.1) is 0 Å². The Morgan fingerprint density at radius 3 is 3.24 bits per heavy atom. The highest BCUT2D eigenvalue weighted by molar-refractivity contribution is 5.77. The largest absolute Gasteiger partial charge is 0.375 e. The Bertz CT molecular complexity index is 369. The molecule has 0 radical (unpaired) electrons. The van der Waals surface area contributed by atoms with E-state index in [9.17, 15) is 4.79 Å². The average molecular weight is 235 g/mol. The number of nitrogens with one attached hydrogen (secondary N) is 1. The van der Waals surface area contributed by atoms with Gasteiger partial charge in [0.05, 0.1) is 0 Å². The Morgan fingerprint density at radius 1 is 1.65 bits per heavy atom. The number of amides is 1. The van der Waals surface area contributed by atoms with Gasteiger partial charge in [-0.25, -0.2) is 4.98 Å². The molecule has 1 atom stereocenters. The van der Waals surface area contributed by atoms with Crippen LogP contribution in [0.5, 0.6) is 0 Å². The normalized spacial score (nSPS) is 19.4. The van der Waals surface area contributed by atoms with Crippen molar-refractivity contribution in [3.63, 3.8) is 0 Å². The quantitative estimate of drug-likeness (QED) is 0.822. The minimum Gasteiger partial charge on any atom is -0.375 e. The molecular weight excluding hydrogens is 218 g/mol. The molecule has 5 heteroatoms. The third kappa shape index (κ3) is 3.17. The van der Waals surface area contributed by atoms with E-state index in [-0.39, 0.29) is 18.6 Å². The van der Waals surface area contributed by atoms with Crippen molar-refractivity contribution in [2.24, 2.45) is 0 Å². The van der Waals surface area contributed by atoms with Gasteiger partial charge in [0, 0.05) is 32.4 Å². The van der Waals surface area contributed by atoms with E-state index < -0.39 is 0 Å². The van der Waals surface area contributed by atoms with Gasteiger partial charge in [-0.3, -0.25) is 4.79 Å². The first kappa shape index (κ1) is 11.9. The van der Waals surface area contributed by atoms with Crippen molar-refractivity contribution in [1.29, 1.82) is 0 Å². The highest BCUT2D eigenvalue weighted by Gasteiger charge is 2.24. The Labute approximate surface area is 101 Å². The average Bonchev–Trinajstić information content (AvgIpc) is 2.79. The number of hydrogen-bond acceptors (Lipinski definition) is 4. The molecule has 1 aromatic rings. The second kappa shape index (κ2) is 5.63. The number of ether oxygens (including phenoxy) is 1. The van der Waals surface area contributed by atoms with E-state index >= 15 is 0 Å². The fourth-order valence-corrected chi connectivity index (χ4v) is 2.03. The van der Waals surface area contributed by atoms with Crippen LogP contribution in [-0.4, -0.2) is 43.7 Å². The fourth-order valence-electron chi connectivity index (χ4n) is 2.03. The van der Waals surface area contributed by atoms with Crippen molar-refractivity contribution in [1.82, 2.24) is 10.3 Å². The standard InChI is InChI=1S/C12H17N3O2/c1-17-9-12(16)14-10-5-7-15(8-10)11-4-2-3-6-13-11/h2-4,6,10H,5,7-9H2,1H3,(H,14,16). The number of methoxy groups -OCH3 is 1. The summed E-state index contributed by atoms with van der Waals surface area (Å²) < 4.78 is 4.79. The second-order valence-corrected chi connectivity index (χ2v) is 4.12. The number of anilines is 1. The zero-order valence-electron chi connectivity index (χ0n) is 9.93. The molecule has 1 N–H and O–H groups in total. The molecule has 0 aromatic carbocycles. The van der Waals surface area contributed by atoms with Gasteiger partial charge in [0.2, 0.25) is 5.91 Å². The van der Waals surface area contributed by atoms with E-state index in [1.54, 1.807) is 6.20 Å². The number of rotatable bonds is 4. The van der Waals surface area contributed by atoms with Gasteiger partial charge in [0.15, 0.2) is 0 Å². The zero-order chi connectivity index (χ0) is 12.1. The van der Waals surface area contributed by atoms with Crippen LogP contribution in [0.1, 0.15) is 6.42 Å². The van der Waals surface area contributed by atoms with Crippen molar-refractivity contribution in [2.75, 3.05) is 31.7 Å². The van der Waals surface area contributed by atoms with Crippen LogP contribution < -0.4 is 10.2 Å². The Morgan fingerprint density at radius 2 is 2.53 bits per heavy atom. The maximum absolute atomic E-state index is 11.4. The Hall–Kier alpha value is -1.62. The van der Waals surface area contributed by atoms with E-state index in [1.165, 1.54) is 7.11 Å². The summed E-state index contributed by atoms with van der Waals surface area (Å²) in [6, 6.07) is 6.05. The molecule has 1 saturated heterocycles. The first-order valence-electron chi connectivity index (χ1n) is 5.74. The molecule has 1 aliphatic rings. The molecule has 0 saturated carbocycles. The number of hydrogen-bond donors (Lipinski definition) is 1.